The lowest BCUT2D eigenvalue weighted by Gasteiger charge is -2.24. The fraction of sp³-hybridized carbons (Fsp3) is 0.240. The smallest absolute Gasteiger partial charge is 0.407 e. The summed E-state index contributed by atoms with van der Waals surface area (Å²) in [7, 11) is 0. The lowest BCUT2D eigenvalue weighted by Crippen LogP contribution is -2.48. The van der Waals surface area contributed by atoms with Crippen molar-refractivity contribution in [2.45, 2.75) is 31.7 Å². The average molecular weight is 405 g/mol. The maximum absolute atomic E-state index is 12.4. The van der Waals surface area contributed by atoms with Crippen LogP contribution in [-0.4, -0.2) is 29.9 Å². The zero-order chi connectivity index (χ0) is 21.0. The molecule has 3 aromatic carbocycles. The Morgan fingerprint density at radius 3 is 1.93 bits per heavy atom. The highest BCUT2D eigenvalue weighted by Crippen LogP contribution is 2.08. The van der Waals surface area contributed by atoms with Crippen LogP contribution in [0.25, 0.3) is 0 Å². The van der Waals surface area contributed by atoms with E-state index in [0.717, 1.165) is 16.7 Å². The van der Waals surface area contributed by atoms with Crippen molar-refractivity contribution >= 4 is 6.09 Å². The molecule has 3 rings (SSSR count). The van der Waals surface area contributed by atoms with Crippen LogP contribution in [0.5, 0.6) is 0 Å². The van der Waals surface area contributed by atoms with E-state index in [-0.39, 0.29) is 6.61 Å². The summed E-state index contributed by atoms with van der Waals surface area (Å²) in [6.07, 6.45) is -0.796. The third-order valence-electron chi connectivity index (χ3n) is 4.80. The Labute approximate surface area is 177 Å². The van der Waals surface area contributed by atoms with Gasteiger partial charge in [-0.25, -0.2) is 4.79 Å². The van der Waals surface area contributed by atoms with Crippen LogP contribution < -0.4 is 10.6 Å². The lowest BCUT2D eigenvalue weighted by molar-refractivity contribution is 0.100. The molecule has 0 spiro atoms. The predicted octanol–water partition coefficient (Wildman–Crippen LogP) is 3.67. The first-order chi connectivity index (χ1) is 14.7. The third-order valence-corrected chi connectivity index (χ3v) is 4.80. The summed E-state index contributed by atoms with van der Waals surface area (Å²) in [5, 5.41) is 16.8. The van der Waals surface area contributed by atoms with Gasteiger partial charge in [0, 0.05) is 13.1 Å². The Balaban J connectivity index is 1.55. The number of rotatable bonds is 10. The van der Waals surface area contributed by atoms with Gasteiger partial charge in [-0.3, -0.25) is 0 Å². The molecule has 0 unspecified atom stereocenters. The second kappa shape index (κ2) is 11.8. The summed E-state index contributed by atoms with van der Waals surface area (Å²) in [4.78, 5) is 12.4. The van der Waals surface area contributed by atoms with Crippen LogP contribution in [0.1, 0.15) is 16.7 Å². The largest absolute Gasteiger partial charge is 0.445 e. The number of nitrogens with one attached hydrogen (secondary N) is 2. The predicted molar refractivity (Wildman–Crippen MR) is 118 cm³/mol. The van der Waals surface area contributed by atoms with Crippen LogP contribution in [0.4, 0.5) is 4.79 Å². The van der Waals surface area contributed by atoms with E-state index < -0.39 is 18.2 Å². The van der Waals surface area contributed by atoms with Crippen molar-refractivity contribution < 1.29 is 14.6 Å². The molecular formula is C25H28N2O3. The van der Waals surface area contributed by atoms with Gasteiger partial charge >= 0.3 is 6.09 Å². The van der Waals surface area contributed by atoms with Crippen molar-refractivity contribution in [3.05, 3.63) is 108 Å². The molecule has 0 aromatic heterocycles. The summed E-state index contributed by atoms with van der Waals surface area (Å²) >= 11 is 0. The van der Waals surface area contributed by atoms with Crippen molar-refractivity contribution in [2.24, 2.45) is 0 Å². The molecule has 3 N–H and O–H groups in total. The molecule has 156 valence electrons. The maximum atomic E-state index is 12.4. The molecule has 0 heterocycles. The second-order valence-electron chi connectivity index (χ2n) is 7.19. The van der Waals surface area contributed by atoms with E-state index in [9.17, 15) is 9.90 Å². The molecule has 1 amide bonds. The van der Waals surface area contributed by atoms with E-state index in [1.165, 1.54) is 0 Å². The van der Waals surface area contributed by atoms with Crippen LogP contribution in [-0.2, 0) is 24.3 Å². The van der Waals surface area contributed by atoms with E-state index in [4.69, 9.17) is 4.74 Å². The van der Waals surface area contributed by atoms with Crippen molar-refractivity contribution in [3.63, 3.8) is 0 Å². The van der Waals surface area contributed by atoms with E-state index >= 15 is 0 Å². The van der Waals surface area contributed by atoms with Crippen LogP contribution in [0, 0.1) is 0 Å². The molecular weight excluding hydrogens is 376 g/mol. The molecule has 0 aliphatic heterocycles. The Kier molecular flexibility index (Phi) is 8.45. The molecule has 0 saturated heterocycles. The molecule has 2 atom stereocenters. The topological polar surface area (TPSA) is 70.6 Å². The highest BCUT2D eigenvalue weighted by Gasteiger charge is 2.22. The summed E-state index contributed by atoms with van der Waals surface area (Å²) in [6, 6.07) is 28.8. The van der Waals surface area contributed by atoms with Gasteiger partial charge in [-0.15, -0.1) is 0 Å². The first kappa shape index (κ1) is 21.6. The first-order valence-electron chi connectivity index (χ1n) is 10.1. The minimum atomic E-state index is -0.766. The minimum absolute atomic E-state index is 0.188. The average Bonchev–Trinajstić information content (AvgIpc) is 2.79. The highest BCUT2D eigenvalue weighted by atomic mass is 16.5. The molecule has 0 bridgehead atoms. The first-order valence-corrected chi connectivity index (χ1v) is 10.1. The number of hydrogen-bond acceptors (Lipinski definition) is 4. The number of amides is 1. The summed E-state index contributed by atoms with van der Waals surface area (Å²) in [6.45, 7) is 1.19. The molecule has 0 aliphatic carbocycles. The van der Waals surface area contributed by atoms with E-state index in [1.807, 2.05) is 91.0 Å². The van der Waals surface area contributed by atoms with Gasteiger partial charge in [-0.1, -0.05) is 91.0 Å². The van der Waals surface area contributed by atoms with Crippen LogP contribution in [0.15, 0.2) is 91.0 Å². The normalized spacial score (nSPS) is 12.7. The maximum Gasteiger partial charge on any atom is 0.407 e. The Bertz CT molecular complexity index is 873. The van der Waals surface area contributed by atoms with E-state index in [2.05, 4.69) is 10.6 Å². The number of ether oxygens (including phenoxy) is 1. The second-order valence-corrected chi connectivity index (χ2v) is 7.19. The van der Waals surface area contributed by atoms with Gasteiger partial charge in [0.25, 0.3) is 0 Å². The van der Waals surface area contributed by atoms with Crippen molar-refractivity contribution in [1.29, 1.82) is 0 Å². The zero-order valence-electron chi connectivity index (χ0n) is 16.9. The number of benzene rings is 3. The van der Waals surface area contributed by atoms with Gasteiger partial charge < -0.3 is 20.5 Å². The highest BCUT2D eigenvalue weighted by molar-refractivity contribution is 5.67. The fourth-order valence-electron chi connectivity index (χ4n) is 3.17. The van der Waals surface area contributed by atoms with Gasteiger partial charge in [0.2, 0.25) is 0 Å². The van der Waals surface area contributed by atoms with Crippen molar-refractivity contribution in [3.8, 4) is 0 Å². The van der Waals surface area contributed by atoms with Gasteiger partial charge in [0.05, 0.1) is 12.1 Å². The summed E-state index contributed by atoms with van der Waals surface area (Å²) in [5.74, 6) is 0. The van der Waals surface area contributed by atoms with Crippen LogP contribution in [0.3, 0.4) is 0 Å². The Morgan fingerprint density at radius 2 is 1.33 bits per heavy atom. The number of hydrogen-bond donors (Lipinski definition) is 3. The fourth-order valence-corrected chi connectivity index (χ4v) is 3.17. The van der Waals surface area contributed by atoms with Crippen molar-refractivity contribution in [1.82, 2.24) is 10.6 Å². The molecule has 0 radical (unpaired) electrons. The third kappa shape index (κ3) is 7.35. The molecule has 0 aliphatic rings. The van der Waals surface area contributed by atoms with E-state index in [1.54, 1.807) is 0 Å². The molecule has 3 aromatic rings. The molecule has 5 nitrogen and oxygen atoms in total. The quantitative estimate of drug-likeness (QED) is 0.482. The SMILES string of the molecule is O=C(N[C@@H](Cc1ccccc1)[C@H](O)CNCc1ccccc1)OCc1ccccc1. The summed E-state index contributed by atoms with van der Waals surface area (Å²) in [5.41, 5.74) is 3.09. The number of carbonyl (C=O) groups is 1. The monoisotopic (exact) mass is 404 g/mol. The standard InChI is InChI=1S/C25H28N2O3/c28-24(18-26-17-21-12-6-2-7-13-21)23(16-20-10-4-1-5-11-20)27-25(29)30-19-22-14-8-3-9-15-22/h1-15,23-24,26,28H,16-19H2,(H,27,29)/t23-,24+/m0/s1. The molecule has 0 fully saturated rings. The Morgan fingerprint density at radius 1 is 0.800 bits per heavy atom. The Hall–Kier alpha value is -3.15. The van der Waals surface area contributed by atoms with Gasteiger partial charge in [-0.2, -0.15) is 0 Å². The number of alkyl carbamates (subject to hydrolysis) is 1. The molecule has 0 saturated carbocycles. The lowest BCUT2D eigenvalue weighted by atomic mass is 10.0. The van der Waals surface area contributed by atoms with Crippen molar-refractivity contribution in [2.75, 3.05) is 6.54 Å². The zero-order valence-corrected chi connectivity index (χ0v) is 16.9. The van der Waals surface area contributed by atoms with Gasteiger partial charge in [0.15, 0.2) is 0 Å². The van der Waals surface area contributed by atoms with Crippen LogP contribution in [0.2, 0.25) is 0 Å². The number of carbonyl (C=O) groups excluding carboxylic acids is 1. The number of aliphatic hydroxyl groups is 1. The number of aliphatic hydroxyl groups excluding tert-OH is 1. The molecule has 5 heteroatoms. The van der Waals surface area contributed by atoms with Gasteiger partial charge in [0.1, 0.15) is 6.61 Å². The van der Waals surface area contributed by atoms with Gasteiger partial charge in [-0.05, 0) is 23.1 Å². The molecule has 30 heavy (non-hydrogen) atoms. The summed E-state index contributed by atoms with van der Waals surface area (Å²) < 4.78 is 5.34. The van der Waals surface area contributed by atoms with Crippen LogP contribution >= 0.6 is 0 Å². The van der Waals surface area contributed by atoms with E-state index in [0.29, 0.717) is 19.5 Å². The minimum Gasteiger partial charge on any atom is -0.445 e.